The first kappa shape index (κ1) is 24.1. The number of aliphatic hydroxyl groups is 2. The van der Waals surface area contributed by atoms with E-state index in [2.05, 4.69) is 36.2 Å². The van der Waals surface area contributed by atoms with E-state index in [0.29, 0.717) is 26.8 Å². The third-order valence-electron chi connectivity index (χ3n) is 5.73. The molecule has 5 rings (SSSR count). The van der Waals surface area contributed by atoms with Gasteiger partial charge in [-0.15, -0.1) is 0 Å². The third kappa shape index (κ3) is 4.51. The summed E-state index contributed by atoms with van der Waals surface area (Å²) < 4.78 is 23.7. The lowest BCUT2D eigenvalue weighted by Crippen LogP contribution is -2.24. The highest BCUT2D eigenvalue weighted by Crippen LogP contribution is 2.33. The molecule has 13 nitrogen and oxygen atoms in total. The number of halogens is 1. The fourth-order valence-electron chi connectivity index (χ4n) is 3.98. The molecule has 1 saturated heterocycles. The lowest BCUT2D eigenvalue weighted by molar-refractivity contribution is -0.0432. The molecule has 0 saturated carbocycles. The Morgan fingerprint density at radius 2 is 2.14 bits per heavy atom. The Balaban J connectivity index is 1.33. The van der Waals surface area contributed by atoms with Gasteiger partial charge in [-0.3, -0.25) is 9.88 Å². The standard InChI is InChI=1S/C22H20BrN5O8/c1-33-15-5-14-11(3-12(15)23)10(2-18(31)36-14)7-34-22(32)27-20-19-21(25-8-24-20)28(9-26-19)17-4-13(30)16(6-29)35-17/h2-3,5,8-9,13,16-17,29-30H,4,6-7H2,1H3,(H,24,25,27,32)/t13-,16+,17+/m0/s1. The van der Waals surface area contributed by atoms with Crippen molar-refractivity contribution in [2.45, 2.75) is 31.5 Å². The number of carbonyl (C=O) groups excluding carboxylic acids is 1. The minimum Gasteiger partial charge on any atom is -0.495 e. The summed E-state index contributed by atoms with van der Waals surface area (Å²) in [6, 6.07) is 4.51. The summed E-state index contributed by atoms with van der Waals surface area (Å²) in [4.78, 5) is 37.1. The van der Waals surface area contributed by atoms with Crippen molar-refractivity contribution in [3.63, 3.8) is 0 Å². The van der Waals surface area contributed by atoms with Crippen LogP contribution in [-0.2, 0) is 16.1 Å². The number of anilines is 1. The zero-order valence-electron chi connectivity index (χ0n) is 18.8. The zero-order chi connectivity index (χ0) is 25.4. The molecule has 1 aliphatic rings. The molecule has 3 atom stereocenters. The van der Waals surface area contributed by atoms with Gasteiger partial charge in [-0.25, -0.2) is 24.5 Å². The van der Waals surface area contributed by atoms with Crippen molar-refractivity contribution in [2.75, 3.05) is 19.0 Å². The van der Waals surface area contributed by atoms with Crippen LogP contribution in [0, 0.1) is 0 Å². The number of amides is 1. The molecular weight excluding hydrogens is 542 g/mol. The van der Waals surface area contributed by atoms with Crippen LogP contribution in [0.15, 0.2) is 44.5 Å². The molecule has 0 radical (unpaired) electrons. The maximum Gasteiger partial charge on any atom is 0.413 e. The first-order valence-corrected chi connectivity index (χ1v) is 11.5. The number of hydrogen-bond donors (Lipinski definition) is 3. The largest absolute Gasteiger partial charge is 0.495 e. The molecule has 0 unspecified atom stereocenters. The Kier molecular flexibility index (Phi) is 6.57. The number of imidazole rings is 1. The first-order chi connectivity index (χ1) is 17.4. The fraction of sp³-hybridized carbons (Fsp3) is 0.318. The first-order valence-electron chi connectivity index (χ1n) is 10.7. The summed E-state index contributed by atoms with van der Waals surface area (Å²) in [7, 11) is 1.49. The van der Waals surface area contributed by atoms with Crippen molar-refractivity contribution in [2.24, 2.45) is 0 Å². The van der Waals surface area contributed by atoms with Gasteiger partial charge in [0, 0.05) is 29.5 Å². The lowest BCUT2D eigenvalue weighted by Gasteiger charge is -2.13. The monoisotopic (exact) mass is 561 g/mol. The topological polar surface area (TPSA) is 171 Å². The number of rotatable bonds is 6. The Morgan fingerprint density at radius 1 is 1.31 bits per heavy atom. The molecule has 1 amide bonds. The van der Waals surface area contributed by atoms with Crippen LogP contribution in [-0.4, -0.2) is 61.7 Å². The van der Waals surface area contributed by atoms with Crippen LogP contribution in [0.25, 0.3) is 22.1 Å². The second-order valence-electron chi connectivity index (χ2n) is 7.94. The summed E-state index contributed by atoms with van der Waals surface area (Å²) in [6.07, 6.45) is -0.0169. The van der Waals surface area contributed by atoms with Gasteiger partial charge in [0.2, 0.25) is 0 Å². The molecule has 1 fully saturated rings. The van der Waals surface area contributed by atoms with E-state index in [9.17, 15) is 19.8 Å². The predicted octanol–water partition coefficient (Wildman–Crippen LogP) is 2.09. The third-order valence-corrected chi connectivity index (χ3v) is 6.35. The minimum atomic E-state index is -0.829. The maximum atomic E-state index is 12.6. The maximum absolute atomic E-state index is 12.6. The van der Waals surface area contributed by atoms with Gasteiger partial charge < -0.3 is 28.8 Å². The Labute approximate surface area is 210 Å². The second kappa shape index (κ2) is 9.81. The highest BCUT2D eigenvalue weighted by molar-refractivity contribution is 9.10. The van der Waals surface area contributed by atoms with Crippen molar-refractivity contribution < 1.29 is 33.6 Å². The van der Waals surface area contributed by atoms with Crippen molar-refractivity contribution in [3.05, 3.63) is 51.3 Å². The number of carbonyl (C=O) groups is 1. The molecule has 4 heterocycles. The van der Waals surface area contributed by atoms with Gasteiger partial charge in [0.25, 0.3) is 0 Å². The van der Waals surface area contributed by atoms with Gasteiger partial charge in [-0.2, -0.15) is 0 Å². The number of fused-ring (bicyclic) bond motifs is 2. The molecule has 1 aliphatic heterocycles. The van der Waals surface area contributed by atoms with E-state index in [1.54, 1.807) is 16.7 Å². The van der Waals surface area contributed by atoms with Crippen LogP contribution >= 0.6 is 15.9 Å². The molecule has 0 spiro atoms. The Bertz CT molecular complexity index is 1510. The van der Waals surface area contributed by atoms with Gasteiger partial charge in [0.15, 0.2) is 17.0 Å². The minimum absolute atomic E-state index is 0.103. The summed E-state index contributed by atoms with van der Waals surface area (Å²) in [6.45, 7) is -0.535. The van der Waals surface area contributed by atoms with Gasteiger partial charge in [0.05, 0.1) is 30.6 Å². The molecule has 14 heteroatoms. The van der Waals surface area contributed by atoms with Crippen LogP contribution in [0.3, 0.4) is 0 Å². The fourth-order valence-corrected chi connectivity index (χ4v) is 4.49. The van der Waals surface area contributed by atoms with E-state index in [-0.39, 0.29) is 36.6 Å². The van der Waals surface area contributed by atoms with E-state index >= 15 is 0 Å². The number of aliphatic hydroxyl groups excluding tert-OH is 2. The molecule has 0 bridgehead atoms. The molecule has 0 aliphatic carbocycles. The number of nitrogens with zero attached hydrogens (tertiary/aromatic N) is 4. The average molecular weight is 562 g/mol. The van der Waals surface area contributed by atoms with Crippen molar-refractivity contribution >= 4 is 50.0 Å². The number of nitrogens with one attached hydrogen (secondary N) is 1. The molecule has 36 heavy (non-hydrogen) atoms. The predicted molar refractivity (Wildman–Crippen MR) is 127 cm³/mol. The number of benzene rings is 1. The van der Waals surface area contributed by atoms with Gasteiger partial charge in [-0.1, -0.05) is 0 Å². The summed E-state index contributed by atoms with van der Waals surface area (Å²) in [5.74, 6) is 0.587. The van der Waals surface area contributed by atoms with Gasteiger partial charge >= 0.3 is 11.7 Å². The van der Waals surface area contributed by atoms with Gasteiger partial charge in [-0.05, 0) is 22.0 Å². The van der Waals surface area contributed by atoms with Crippen molar-refractivity contribution in [1.29, 1.82) is 0 Å². The normalized spacial score (nSPS) is 19.6. The van der Waals surface area contributed by atoms with Crippen LogP contribution in [0.1, 0.15) is 18.2 Å². The summed E-state index contributed by atoms with van der Waals surface area (Å²) in [5, 5.41) is 22.4. The highest BCUT2D eigenvalue weighted by Gasteiger charge is 2.35. The van der Waals surface area contributed by atoms with E-state index in [1.807, 2.05) is 0 Å². The smallest absolute Gasteiger partial charge is 0.413 e. The summed E-state index contributed by atoms with van der Waals surface area (Å²) >= 11 is 3.39. The quantitative estimate of drug-likeness (QED) is 0.294. The van der Waals surface area contributed by atoms with E-state index in [4.69, 9.17) is 18.6 Å². The Hall–Kier alpha value is -3.59. The van der Waals surface area contributed by atoms with Crippen LogP contribution < -0.4 is 15.7 Å². The van der Waals surface area contributed by atoms with E-state index in [1.165, 1.54) is 25.8 Å². The number of methoxy groups -OCH3 is 1. The summed E-state index contributed by atoms with van der Waals surface area (Å²) in [5.41, 5.74) is 0.763. The molecular formula is C22H20BrN5O8. The number of aromatic nitrogens is 4. The highest BCUT2D eigenvalue weighted by atomic mass is 79.9. The van der Waals surface area contributed by atoms with Crippen LogP contribution in [0.4, 0.5) is 10.6 Å². The number of ether oxygens (including phenoxy) is 3. The van der Waals surface area contributed by atoms with Crippen molar-refractivity contribution in [3.8, 4) is 5.75 Å². The zero-order valence-corrected chi connectivity index (χ0v) is 20.3. The average Bonchev–Trinajstić information content (AvgIpc) is 3.46. The Morgan fingerprint density at radius 3 is 2.89 bits per heavy atom. The SMILES string of the molecule is COc1cc2oc(=O)cc(COC(=O)Nc3ncnc4c3ncn4[C@H]3C[C@H](O)[C@@H](CO)O3)c2cc1Br. The molecule has 4 aromatic rings. The molecule has 3 aromatic heterocycles. The van der Waals surface area contributed by atoms with Crippen LogP contribution in [0.2, 0.25) is 0 Å². The second-order valence-corrected chi connectivity index (χ2v) is 8.79. The molecule has 188 valence electrons. The molecule has 1 aromatic carbocycles. The van der Waals surface area contributed by atoms with Gasteiger partial charge in [0.1, 0.15) is 36.6 Å². The number of hydrogen-bond acceptors (Lipinski definition) is 11. The lowest BCUT2D eigenvalue weighted by atomic mass is 10.1. The van der Waals surface area contributed by atoms with Crippen molar-refractivity contribution in [1.82, 2.24) is 19.5 Å². The molecule has 3 N–H and O–H groups in total. The van der Waals surface area contributed by atoms with E-state index < -0.39 is 30.2 Å². The van der Waals surface area contributed by atoms with E-state index in [0.717, 1.165) is 0 Å². The van der Waals surface area contributed by atoms with Crippen LogP contribution in [0.5, 0.6) is 5.75 Å².